The summed E-state index contributed by atoms with van der Waals surface area (Å²) in [6.45, 7) is 5.48. The Bertz CT molecular complexity index is 1630. The van der Waals surface area contributed by atoms with E-state index in [1.165, 1.54) is 8.97 Å². The number of nitrogens with one attached hydrogen (secondary N) is 2. The van der Waals surface area contributed by atoms with E-state index in [1.807, 2.05) is 39.0 Å². The molecule has 36 heavy (non-hydrogen) atoms. The van der Waals surface area contributed by atoms with Gasteiger partial charge in [0.25, 0.3) is 11.5 Å². The first-order valence-corrected chi connectivity index (χ1v) is 12.1. The van der Waals surface area contributed by atoms with E-state index in [0.717, 1.165) is 29.5 Å². The van der Waals surface area contributed by atoms with Crippen LogP contribution in [0.25, 0.3) is 16.7 Å². The van der Waals surface area contributed by atoms with Crippen LogP contribution >= 0.6 is 0 Å². The van der Waals surface area contributed by atoms with Gasteiger partial charge in [0, 0.05) is 23.3 Å². The number of hydrogen-bond donors (Lipinski definition) is 2. The molecule has 1 aliphatic carbocycles. The Morgan fingerprint density at radius 3 is 2.61 bits per heavy atom. The van der Waals surface area contributed by atoms with Gasteiger partial charge in [0.15, 0.2) is 0 Å². The van der Waals surface area contributed by atoms with Crippen LogP contribution < -0.4 is 21.9 Å². The van der Waals surface area contributed by atoms with Crippen molar-refractivity contribution in [1.82, 2.24) is 24.1 Å². The Morgan fingerprint density at radius 2 is 1.92 bits per heavy atom. The van der Waals surface area contributed by atoms with Crippen LogP contribution in [0.4, 0.5) is 5.69 Å². The third-order valence-corrected chi connectivity index (χ3v) is 6.48. The number of carbonyl (C=O) groups excluding carboxylic acids is 2. The number of anilines is 1. The molecule has 1 fully saturated rings. The standard InChI is InChI=1S/C26H28N6O4/c1-4-16(3)27-23(34)17-8-11-20-21(13-17)32-25(31(24(20)35)19-9-10-19)29-30(26(32)36)14-22(33)28-18-7-5-6-15(2)12-18/h5-8,11-13,16,19H,4,9-10,14H2,1-3H3,(H,27,34)(H,28,33). The second kappa shape index (κ2) is 9.10. The number of aromatic nitrogens is 4. The third-order valence-electron chi connectivity index (χ3n) is 6.48. The molecule has 186 valence electrons. The molecule has 2 aromatic carbocycles. The summed E-state index contributed by atoms with van der Waals surface area (Å²) >= 11 is 0. The zero-order valence-electron chi connectivity index (χ0n) is 20.4. The Kier molecular flexibility index (Phi) is 5.95. The first-order chi connectivity index (χ1) is 17.3. The van der Waals surface area contributed by atoms with E-state index in [4.69, 9.17) is 0 Å². The number of rotatable bonds is 7. The number of aryl methyl sites for hydroxylation is 1. The molecule has 1 saturated carbocycles. The summed E-state index contributed by atoms with van der Waals surface area (Å²) in [6, 6.07) is 12.0. The van der Waals surface area contributed by atoms with Crippen LogP contribution in [0.2, 0.25) is 0 Å². The Hall–Kier alpha value is -4.21. The second-order valence-corrected chi connectivity index (χ2v) is 9.41. The van der Waals surface area contributed by atoms with Crippen molar-refractivity contribution in [2.24, 2.45) is 0 Å². The first-order valence-electron chi connectivity index (χ1n) is 12.1. The number of benzene rings is 2. The minimum Gasteiger partial charge on any atom is -0.350 e. The highest BCUT2D eigenvalue weighted by Gasteiger charge is 2.30. The normalized spacial score (nSPS) is 14.2. The molecule has 5 rings (SSSR count). The lowest BCUT2D eigenvalue weighted by molar-refractivity contribution is -0.117. The van der Waals surface area contributed by atoms with Gasteiger partial charge in [-0.15, -0.1) is 5.10 Å². The topological polar surface area (TPSA) is 120 Å². The zero-order chi connectivity index (χ0) is 25.6. The van der Waals surface area contributed by atoms with E-state index in [0.29, 0.717) is 22.2 Å². The largest absolute Gasteiger partial charge is 0.352 e. The van der Waals surface area contributed by atoms with Crippen molar-refractivity contribution in [3.05, 3.63) is 74.4 Å². The lowest BCUT2D eigenvalue weighted by atomic mass is 10.1. The summed E-state index contributed by atoms with van der Waals surface area (Å²) in [5.74, 6) is -0.532. The highest BCUT2D eigenvalue weighted by Crippen LogP contribution is 2.35. The van der Waals surface area contributed by atoms with Crippen LogP contribution in [0, 0.1) is 6.92 Å². The molecule has 0 spiro atoms. The van der Waals surface area contributed by atoms with Crippen LogP contribution in [0.1, 0.15) is 55.1 Å². The van der Waals surface area contributed by atoms with Crippen LogP contribution in [0.5, 0.6) is 0 Å². The van der Waals surface area contributed by atoms with Gasteiger partial charge < -0.3 is 10.6 Å². The Labute approximate surface area is 206 Å². The first kappa shape index (κ1) is 23.5. The molecule has 0 saturated heterocycles. The van der Waals surface area contributed by atoms with E-state index in [-0.39, 0.29) is 35.9 Å². The van der Waals surface area contributed by atoms with Gasteiger partial charge in [0.05, 0.1) is 10.9 Å². The van der Waals surface area contributed by atoms with E-state index >= 15 is 0 Å². The van der Waals surface area contributed by atoms with Crippen molar-refractivity contribution in [3.63, 3.8) is 0 Å². The fraction of sp³-hybridized carbons (Fsp3) is 0.346. The minimum atomic E-state index is -0.553. The number of nitrogens with zero attached hydrogens (tertiary/aromatic N) is 4. The summed E-state index contributed by atoms with van der Waals surface area (Å²) in [4.78, 5) is 52.3. The molecular formula is C26H28N6O4. The molecule has 4 aromatic rings. The fourth-order valence-corrected chi connectivity index (χ4v) is 4.26. The van der Waals surface area contributed by atoms with Crippen LogP contribution in [-0.4, -0.2) is 36.6 Å². The van der Waals surface area contributed by atoms with Gasteiger partial charge in [-0.25, -0.2) is 13.9 Å². The molecule has 1 aliphatic rings. The van der Waals surface area contributed by atoms with Gasteiger partial charge in [-0.3, -0.25) is 19.0 Å². The quantitative estimate of drug-likeness (QED) is 0.414. The number of fused-ring (bicyclic) bond motifs is 3. The number of carbonyl (C=O) groups is 2. The van der Waals surface area contributed by atoms with Gasteiger partial charge in [-0.05, 0) is 69.0 Å². The van der Waals surface area contributed by atoms with Crippen molar-refractivity contribution in [3.8, 4) is 0 Å². The van der Waals surface area contributed by atoms with Gasteiger partial charge >= 0.3 is 5.69 Å². The fourth-order valence-electron chi connectivity index (χ4n) is 4.26. The summed E-state index contributed by atoms with van der Waals surface area (Å²) < 4.78 is 3.91. The maximum atomic E-state index is 13.5. The number of hydrogen-bond acceptors (Lipinski definition) is 5. The second-order valence-electron chi connectivity index (χ2n) is 9.41. The predicted molar refractivity (Wildman–Crippen MR) is 137 cm³/mol. The zero-order valence-corrected chi connectivity index (χ0v) is 20.4. The van der Waals surface area contributed by atoms with E-state index < -0.39 is 11.6 Å². The molecule has 1 atom stereocenters. The maximum absolute atomic E-state index is 13.5. The lowest BCUT2D eigenvalue weighted by Gasteiger charge is -2.13. The minimum absolute atomic E-state index is 0.0199. The predicted octanol–water partition coefficient (Wildman–Crippen LogP) is 2.62. The van der Waals surface area contributed by atoms with Crippen LogP contribution in [0.15, 0.2) is 52.1 Å². The molecule has 0 radical (unpaired) electrons. The van der Waals surface area contributed by atoms with Crippen molar-refractivity contribution < 1.29 is 9.59 Å². The third kappa shape index (κ3) is 4.30. The smallest absolute Gasteiger partial charge is 0.350 e. The van der Waals surface area contributed by atoms with E-state index in [2.05, 4.69) is 15.7 Å². The Balaban J connectivity index is 1.60. The summed E-state index contributed by atoms with van der Waals surface area (Å²) in [5, 5.41) is 10.4. The molecule has 10 nitrogen and oxygen atoms in total. The average molecular weight is 489 g/mol. The molecule has 1 unspecified atom stereocenters. The van der Waals surface area contributed by atoms with Gasteiger partial charge in [0.1, 0.15) is 6.54 Å². The van der Waals surface area contributed by atoms with Crippen molar-refractivity contribution >= 4 is 34.2 Å². The molecule has 10 heteroatoms. The molecule has 0 aliphatic heterocycles. The van der Waals surface area contributed by atoms with E-state index in [9.17, 15) is 19.2 Å². The molecular weight excluding hydrogens is 460 g/mol. The molecule has 2 N–H and O–H groups in total. The van der Waals surface area contributed by atoms with Crippen molar-refractivity contribution in [2.75, 3.05) is 5.32 Å². The number of amides is 2. The molecule has 2 amide bonds. The highest BCUT2D eigenvalue weighted by molar-refractivity contribution is 5.98. The average Bonchev–Trinajstić information content (AvgIpc) is 3.63. The lowest BCUT2D eigenvalue weighted by Crippen LogP contribution is -2.32. The van der Waals surface area contributed by atoms with Crippen LogP contribution in [-0.2, 0) is 11.3 Å². The maximum Gasteiger partial charge on any atom is 0.352 e. The van der Waals surface area contributed by atoms with Gasteiger partial charge in [-0.1, -0.05) is 19.1 Å². The van der Waals surface area contributed by atoms with Crippen molar-refractivity contribution in [1.29, 1.82) is 0 Å². The molecule has 2 heterocycles. The highest BCUT2D eigenvalue weighted by atomic mass is 16.2. The molecule has 2 aromatic heterocycles. The summed E-state index contributed by atoms with van der Waals surface area (Å²) in [5.41, 5.74) is 1.42. The van der Waals surface area contributed by atoms with E-state index in [1.54, 1.807) is 24.3 Å². The summed E-state index contributed by atoms with van der Waals surface area (Å²) in [6.07, 6.45) is 2.39. The van der Waals surface area contributed by atoms with Crippen LogP contribution in [0.3, 0.4) is 0 Å². The summed E-state index contributed by atoms with van der Waals surface area (Å²) in [7, 11) is 0. The van der Waals surface area contributed by atoms with Gasteiger partial charge in [0.2, 0.25) is 11.7 Å². The monoisotopic (exact) mass is 488 g/mol. The molecule has 0 bridgehead atoms. The Morgan fingerprint density at radius 1 is 1.14 bits per heavy atom. The van der Waals surface area contributed by atoms with Crippen molar-refractivity contribution in [2.45, 2.75) is 58.7 Å². The van der Waals surface area contributed by atoms with Gasteiger partial charge in [-0.2, -0.15) is 0 Å². The SMILES string of the molecule is CCC(C)NC(=O)c1ccc2c(=O)n(C3CC3)c3nn(CC(=O)Nc4cccc(C)c4)c(=O)n3c2c1.